The van der Waals surface area contributed by atoms with Crippen LogP contribution in [-0.4, -0.2) is 25.0 Å². The number of benzene rings is 1. The van der Waals surface area contributed by atoms with Gasteiger partial charge < -0.3 is 10.2 Å². The summed E-state index contributed by atoms with van der Waals surface area (Å²) in [7, 11) is 0. The van der Waals surface area contributed by atoms with E-state index in [1.807, 2.05) is 23.1 Å². The zero-order valence-corrected chi connectivity index (χ0v) is 9.63. The number of anilines is 1. The third-order valence-corrected chi connectivity index (χ3v) is 3.63. The van der Waals surface area contributed by atoms with Gasteiger partial charge in [-0.05, 0) is 24.6 Å². The maximum Gasteiger partial charge on any atom is 0.231 e. The Kier molecular flexibility index (Phi) is 2.37. The van der Waals surface area contributed by atoms with Crippen LogP contribution in [0.15, 0.2) is 18.2 Å². The number of hydrogen-bond donors (Lipinski definition) is 1. The Morgan fingerprint density at radius 1 is 1.44 bits per heavy atom. The first-order valence-corrected chi connectivity index (χ1v) is 5.95. The van der Waals surface area contributed by atoms with Crippen LogP contribution in [0.1, 0.15) is 12.0 Å². The lowest BCUT2D eigenvalue weighted by atomic mass is 10.1. The van der Waals surface area contributed by atoms with Gasteiger partial charge >= 0.3 is 0 Å². The molecule has 0 aliphatic carbocycles. The minimum atomic E-state index is 0.178. The second-order valence-corrected chi connectivity index (χ2v) is 4.74. The molecule has 3 rings (SSSR count). The van der Waals surface area contributed by atoms with Crippen LogP contribution in [0.25, 0.3) is 0 Å². The van der Waals surface area contributed by atoms with Gasteiger partial charge in [0.05, 0.1) is 23.2 Å². The molecule has 1 saturated heterocycles. The summed E-state index contributed by atoms with van der Waals surface area (Å²) in [5.74, 6) is 0.178. The van der Waals surface area contributed by atoms with Crippen molar-refractivity contribution >= 4 is 23.2 Å². The lowest BCUT2D eigenvalue weighted by Crippen LogP contribution is -2.39. The highest BCUT2D eigenvalue weighted by molar-refractivity contribution is 6.34. The summed E-state index contributed by atoms with van der Waals surface area (Å²) < 4.78 is 0. The first kappa shape index (κ1) is 10.1. The van der Waals surface area contributed by atoms with Crippen LogP contribution in [0.3, 0.4) is 0 Å². The lowest BCUT2D eigenvalue weighted by Gasteiger charge is -2.24. The number of para-hydroxylation sites is 1. The van der Waals surface area contributed by atoms with E-state index in [0.29, 0.717) is 11.4 Å². The van der Waals surface area contributed by atoms with Crippen LogP contribution in [0.4, 0.5) is 5.69 Å². The van der Waals surface area contributed by atoms with E-state index in [0.717, 1.165) is 30.8 Å². The molecule has 16 heavy (non-hydrogen) atoms. The molecular weight excluding hydrogens is 224 g/mol. The fraction of sp³-hybridized carbons (Fsp3) is 0.417. The number of halogens is 1. The van der Waals surface area contributed by atoms with E-state index in [2.05, 4.69) is 5.32 Å². The topological polar surface area (TPSA) is 32.3 Å². The van der Waals surface area contributed by atoms with Crippen LogP contribution >= 0.6 is 11.6 Å². The summed E-state index contributed by atoms with van der Waals surface area (Å²) in [6.45, 7) is 1.85. The van der Waals surface area contributed by atoms with Crippen LogP contribution in [-0.2, 0) is 11.2 Å². The van der Waals surface area contributed by atoms with E-state index in [9.17, 15) is 4.79 Å². The molecule has 1 aromatic rings. The Hall–Kier alpha value is -1.06. The maximum atomic E-state index is 12.0. The average molecular weight is 237 g/mol. The highest BCUT2D eigenvalue weighted by Crippen LogP contribution is 2.37. The number of nitrogens with one attached hydrogen (secondary N) is 1. The molecule has 1 atom stereocenters. The van der Waals surface area contributed by atoms with E-state index in [1.54, 1.807) is 0 Å². The van der Waals surface area contributed by atoms with E-state index < -0.39 is 0 Å². The summed E-state index contributed by atoms with van der Waals surface area (Å²) in [4.78, 5) is 13.9. The summed E-state index contributed by atoms with van der Waals surface area (Å²) in [5.41, 5.74) is 1.99. The van der Waals surface area contributed by atoms with Crippen molar-refractivity contribution in [2.45, 2.75) is 18.9 Å². The smallest absolute Gasteiger partial charge is 0.231 e. The minimum absolute atomic E-state index is 0.178. The van der Waals surface area contributed by atoms with Crippen molar-refractivity contribution in [3.63, 3.8) is 0 Å². The third-order valence-electron chi connectivity index (χ3n) is 3.32. The minimum Gasteiger partial charge on any atom is -0.315 e. The molecule has 0 radical (unpaired) electrons. The summed E-state index contributed by atoms with van der Waals surface area (Å²) >= 11 is 6.19. The number of hydrogen-bond acceptors (Lipinski definition) is 2. The molecule has 2 aliphatic heterocycles. The molecule has 0 bridgehead atoms. The summed E-state index contributed by atoms with van der Waals surface area (Å²) in [6, 6.07) is 6.02. The molecule has 0 spiro atoms. The van der Waals surface area contributed by atoms with Crippen LogP contribution in [0.5, 0.6) is 0 Å². The van der Waals surface area contributed by atoms with Crippen molar-refractivity contribution in [1.29, 1.82) is 0 Å². The highest BCUT2D eigenvalue weighted by atomic mass is 35.5. The van der Waals surface area contributed by atoms with Gasteiger partial charge in [0.15, 0.2) is 0 Å². The van der Waals surface area contributed by atoms with E-state index in [1.165, 1.54) is 0 Å². The normalized spacial score (nSPS) is 23.9. The molecule has 1 N–H and O–H groups in total. The Bertz CT molecular complexity index is 441. The second-order valence-electron chi connectivity index (χ2n) is 4.33. The number of rotatable bonds is 1. The number of fused-ring (bicyclic) bond motifs is 1. The molecule has 3 nitrogen and oxygen atoms in total. The SMILES string of the molecule is O=C1Cc2cccc(Cl)c2N1C1CCNC1. The molecule has 84 valence electrons. The average Bonchev–Trinajstić information content (AvgIpc) is 2.84. The van der Waals surface area contributed by atoms with E-state index >= 15 is 0 Å². The molecule has 2 heterocycles. The van der Waals surface area contributed by atoms with Crippen molar-refractivity contribution in [3.8, 4) is 0 Å². The van der Waals surface area contributed by atoms with Gasteiger partial charge in [-0.1, -0.05) is 23.7 Å². The van der Waals surface area contributed by atoms with Crippen molar-refractivity contribution in [1.82, 2.24) is 5.32 Å². The van der Waals surface area contributed by atoms with Crippen molar-refractivity contribution < 1.29 is 4.79 Å². The second kappa shape index (κ2) is 3.75. The third kappa shape index (κ3) is 1.43. The van der Waals surface area contributed by atoms with Gasteiger partial charge in [0, 0.05) is 6.54 Å². The Balaban J connectivity index is 2.04. The number of carbonyl (C=O) groups is 1. The van der Waals surface area contributed by atoms with Gasteiger partial charge in [-0.3, -0.25) is 4.79 Å². The van der Waals surface area contributed by atoms with Gasteiger partial charge in [-0.15, -0.1) is 0 Å². The standard InChI is InChI=1S/C12H13ClN2O/c13-10-3-1-2-8-6-11(16)15(12(8)10)9-4-5-14-7-9/h1-3,9,14H,4-7H2. The summed E-state index contributed by atoms with van der Waals surface area (Å²) in [6.07, 6.45) is 1.50. The molecule has 0 saturated carbocycles. The van der Waals surface area contributed by atoms with Gasteiger partial charge in [-0.2, -0.15) is 0 Å². The van der Waals surface area contributed by atoms with Crippen molar-refractivity contribution in [2.24, 2.45) is 0 Å². The highest BCUT2D eigenvalue weighted by Gasteiger charge is 2.35. The lowest BCUT2D eigenvalue weighted by molar-refractivity contribution is -0.117. The summed E-state index contributed by atoms with van der Waals surface area (Å²) in [5, 5.41) is 3.97. The van der Waals surface area contributed by atoms with Crippen LogP contribution in [0, 0.1) is 0 Å². The zero-order valence-electron chi connectivity index (χ0n) is 8.87. The largest absolute Gasteiger partial charge is 0.315 e. The number of carbonyl (C=O) groups excluding carboxylic acids is 1. The van der Waals surface area contributed by atoms with Gasteiger partial charge in [0.25, 0.3) is 0 Å². The van der Waals surface area contributed by atoms with Crippen LogP contribution < -0.4 is 10.2 Å². The fourth-order valence-electron chi connectivity index (χ4n) is 2.59. The molecule has 2 aliphatic rings. The first-order chi connectivity index (χ1) is 7.77. The Morgan fingerprint density at radius 2 is 2.31 bits per heavy atom. The maximum absolute atomic E-state index is 12.0. The predicted molar refractivity (Wildman–Crippen MR) is 63.9 cm³/mol. The number of nitrogens with zero attached hydrogens (tertiary/aromatic N) is 1. The molecule has 1 fully saturated rings. The van der Waals surface area contributed by atoms with Crippen molar-refractivity contribution in [2.75, 3.05) is 18.0 Å². The molecule has 0 aromatic heterocycles. The zero-order chi connectivity index (χ0) is 11.1. The molecule has 1 amide bonds. The molecule has 1 unspecified atom stereocenters. The quantitative estimate of drug-likeness (QED) is 0.803. The molecule has 4 heteroatoms. The van der Waals surface area contributed by atoms with Gasteiger partial charge in [0.1, 0.15) is 0 Å². The predicted octanol–water partition coefficient (Wildman–Crippen LogP) is 1.59. The fourth-order valence-corrected chi connectivity index (χ4v) is 2.88. The number of amides is 1. The van der Waals surface area contributed by atoms with Gasteiger partial charge in [-0.25, -0.2) is 0 Å². The Labute approximate surface area is 99.4 Å². The Morgan fingerprint density at radius 3 is 3.06 bits per heavy atom. The van der Waals surface area contributed by atoms with Crippen LogP contribution in [0.2, 0.25) is 5.02 Å². The molecule has 1 aromatic carbocycles. The first-order valence-electron chi connectivity index (χ1n) is 5.57. The molecular formula is C12H13ClN2O. The van der Waals surface area contributed by atoms with Gasteiger partial charge in [0.2, 0.25) is 5.91 Å². The van der Waals surface area contributed by atoms with E-state index in [4.69, 9.17) is 11.6 Å². The van der Waals surface area contributed by atoms with E-state index in [-0.39, 0.29) is 11.9 Å². The van der Waals surface area contributed by atoms with Crippen molar-refractivity contribution in [3.05, 3.63) is 28.8 Å². The monoisotopic (exact) mass is 236 g/mol.